The van der Waals surface area contributed by atoms with Crippen molar-refractivity contribution in [3.8, 4) is 0 Å². The van der Waals surface area contributed by atoms with Gasteiger partial charge in [-0.05, 0) is 30.4 Å². The highest BCUT2D eigenvalue weighted by atomic mass is 16.5. The zero-order valence-electron chi connectivity index (χ0n) is 12.5. The number of aromatic nitrogens is 4. The Labute approximate surface area is 127 Å². The standard InChI is InChI=1S/C16H16N4O2/c1-9-5-3-4-6-11(9)12-7-13(12)16-18-15(20-22-16)8-14-17-10(2)21-19-14/h3-6,12-13H,7-8H2,1-2H3/t12-,13-/m1/s1. The second-order valence-electron chi connectivity index (χ2n) is 5.76. The van der Waals surface area contributed by atoms with E-state index in [0.29, 0.717) is 41.7 Å². The Morgan fingerprint density at radius 2 is 1.77 bits per heavy atom. The summed E-state index contributed by atoms with van der Waals surface area (Å²) in [6.45, 7) is 3.90. The fraction of sp³-hybridized carbons (Fsp3) is 0.375. The summed E-state index contributed by atoms with van der Waals surface area (Å²) in [5, 5.41) is 7.87. The van der Waals surface area contributed by atoms with Crippen LogP contribution in [0.2, 0.25) is 0 Å². The van der Waals surface area contributed by atoms with Crippen LogP contribution >= 0.6 is 0 Å². The van der Waals surface area contributed by atoms with Gasteiger partial charge in [0.05, 0.1) is 6.42 Å². The van der Waals surface area contributed by atoms with Crippen LogP contribution in [-0.4, -0.2) is 20.3 Å². The van der Waals surface area contributed by atoms with Gasteiger partial charge in [0.1, 0.15) is 0 Å². The maximum absolute atomic E-state index is 5.41. The molecule has 2 heterocycles. The van der Waals surface area contributed by atoms with Crippen LogP contribution in [0.5, 0.6) is 0 Å². The van der Waals surface area contributed by atoms with Crippen LogP contribution in [-0.2, 0) is 6.42 Å². The van der Waals surface area contributed by atoms with Gasteiger partial charge in [-0.25, -0.2) is 0 Å². The molecule has 3 aromatic rings. The first-order chi connectivity index (χ1) is 10.7. The van der Waals surface area contributed by atoms with Gasteiger partial charge >= 0.3 is 0 Å². The molecule has 1 aliphatic rings. The SMILES string of the molecule is Cc1nc(Cc2noc([C@@H]3C[C@@H]3c3ccccc3C)n2)no1. The van der Waals surface area contributed by atoms with E-state index >= 15 is 0 Å². The third-order valence-corrected chi connectivity index (χ3v) is 4.07. The summed E-state index contributed by atoms with van der Waals surface area (Å²) in [5.74, 6) is 3.25. The molecule has 0 N–H and O–H groups in total. The normalized spacial score (nSPS) is 20.3. The average Bonchev–Trinajstić information content (AvgIpc) is 2.97. The fourth-order valence-corrected chi connectivity index (χ4v) is 2.86. The first kappa shape index (κ1) is 13.2. The molecule has 0 radical (unpaired) electrons. The van der Waals surface area contributed by atoms with Gasteiger partial charge in [-0.15, -0.1) is 0 Å². The molecule has 112 valence electrons. The minimum atomic E-state index is 0.328. The van der Waals surface area contributed by atoms with Crippen molar-refractivity contribution >= 4 is 0 Å². The highest BCUT2D eigenvalue weighted by Gasteiger charge is 2.44. The van der Waals surface area contributed by atoms with Crippen LogP contribution in [0, 0.1) is 13.8 Å². The molecule has 0 aliphatic heterocycles. The molecule has 0 amide bonds. The largest absolute Gasteiger partial charge is 0.340 e. The van der Waals surface area contributed by atoms with Crippen LogP contribution in [0.1, 0.15) is 52.8 Å². The summed E-state index contributed by atoms with van der Waals surface area (Å²) in [5.41, 5.74) is 2.69. The molecular weight excluding hydrogens is 280 g/mol. The van der Waals surface area contributed by atoms with Crippen molar-refractivity contribution in [3.05, 3.63) is 58.8 Å². The van der Waals surface area contributed by atoms with Crippen molar-refractivity contribution in [2.45, 2.75) is 38.5 Å². The quantitative estimate of drug-likeness (QED) is 0.736. The predicted molar refractivity (Wildman–Crippen MR) is 77.4 cm³/mol. The zero-order valence-corrected chi connectivity index (χ0v) is 12.5. The van der Waals surface area contributed by atoms with Crippen molar-refractivity contribution in [1.29, 1.82) is 0 Å². The molecule has 2 atom stereocenters. The Morgan fingerprint density at radius 1 is 1.00 bits per heavy atom. The van der Waals surface area contributed by atoms with Crippen molar-refractivity contribution in [1.82, 2.24) is 20.3 Å². The number of hydrogen-bond donors (Lipinski definition) is 0. The Balaban J connectivity index is 1.48. The highest BCUT2D eigenvalue weighted by molar-refractivity contribution is 5.36. The fourth-order valence-electron chi connectivity index (χ4n) is 2.86. The molecule has 6 heteroatoms. The topological polar surface area (TPSA) is 77.8 Å². The van der Waals surface area contributed by atoms with E-state index in [1.807, 2.05) is 0 Å². The Morgan fingerprint density at radius 3 is 2.55 bits per heavy atom. The minimum Gasteiger partial charge on any atom is -0.340 e. The maximum Gasteiger partial charge on any atom is 0.230 e. The zero-order chi connectivity index (χ0) is 15.1. The van der Waals surface area contributed by atoms with Crippen LogP contribution in [0.25, 0.3) is 0 Å². The molecule has 0 spiro atoms. The Kier molecular flexibility index (Phi) is 3.03. The summed E-state index contributed by atoms with van der Waals surface area (Å²) < 4.78 is 10.4. The molecule has 2 aromatic heterocycles. The minimum absolute atomic E-state index is 0.328. The number of aryl methyl sites for hydroxylation is 2. The van der Waals surface area contributed by atoms with E-state index in [9.17, 15) is 0 Å². The molecule has 0 bridgehead atoms. The van der Waals surface area contributed by atoms with Crippen LogP contribution in [0.3, 0.4) is 0 Å². The van der Waals surface area contributed by atoms with Gasteiger partial charge in [0.25, 0.3) is 0 Å². The molecule has 1 aliphatic carbocycles. The molecular formula is C16H16N4O2. The molecule has 22 heavy (non-hydrogen) atoms. The third-order valence-electron chi connectivity index (χ3n) is 4.07. The van der Waals surface area contributed by atoms with Gasteiger partial charge in [-0.1, -0.05) is 34.6 Å². The second kappa shape index (κ2) is 5.05. The number of rotatable bonds is 4. The molecule has 6 nitrogen and oxygen atoms in total. The molecule has 0 saturated heterocycles. The van der Waals surface area contributed by atoms with Crippen LogP contribution in [0.15, 0.2) is 33.3 Å². The van der Waals surface area contributed by atoms with E-state index in [4.69, 9.17) is 9.05 Å². The first-order valence-corrected chi connectivity index (χ1v) is 7.38. The van der Waals surface area contributed by atoms with Gasteiger partial charge < -0.3 is 9.05 Å². The van der Waals surface area contributed by atoms with E-state index < -0.39 is 0 Å². The lowest BCUT2D eigenvalue weighted by Gasteiger charge is -2.02. The van der Waals surface area contributed by atoms with Gasteiger partial charge in [-0.2, -0.15) is 9.97 Å². The third kappa shape index (κ3) is 2.41. The molecule has 1 aromatic carbocycles. The second-order valence-corrected chi connectivity index (χ2v) is 5.76. The van der Waals surface area contributed by atoms with Gasteiger partial charge in [0.15, 0.2) is 11.6 Å². The monoisotopic (exact) mass is 296 g/mol. The predicted octanol–water partition coefficient (Wildman–Crippen LogP) is 2.93. The van der Waals surface area contributed by atoms with Crippen molar-refractivity contribution in [2.75, 3.05) is 0 Å². The molecule has 1 saturated carbocycles. The highest BCUT2D eigenvalue weighted by Crippen LogP contribution is 2.54. The molecule has 1 fully saturated rings. The number of hydrogen-bond acceptors (Lipinski definition) is 6. The first-order valence-electron chi connectivity index (χ1n) is 7.38. The summed E-state index contributed by atoms with van der Waals surface area (Å²) in [4.78, 5) is 8.63. The Hall–Kier alpha value is -2.50. The van der Waals surface area contributed by atoms with Gasteiger partial charge in [0, 0.05) is 12.8 Å². The molecule has 4 rings (SSSR count). The average molecular weight is 296 g/mol. The van der Waals surface area contributed by atoms with Crippen LogP contribution < -0.4 is 0 Å². The van der Waals surface area contributed by atoms with Crippen molar-refractivity contribution < 1.29 is 9.05 Å². The lowest BCUT2D eigenvalue weighted by atomic mass is 10.0. The summed E-state index contributed by atoms with van der Waals surface area (Å²) in [7, 11) is 0. The Bertz CT molecular complexity index is 808. The van der Waals surface area contributed by atoms with Crippen LogP contribution in [0.4, 0.5) is 0 Å². The van der Waals surface area contributed by atoms with E-state index in [2.05, 4.69) is 51.5 Å². The molecule has 0 unspecified atom stereocenters. The van der Waals surface area contributed by atoms with Gasteiger partial charge in [0.2, 0.25) is 11.8 Å². The summed E-state index contributed by atoms with van der Waals surface area (Å²) in [6.07, 6.45) is 1.50. The number of benzene rings is 1. The van der Waals surface area contributed by atoms with E-state index in [-0.39, 0.29) is 0 Å². The van der Waals surface area contributed by atoms with E-state index in [1.165, 1.54) is 11.1 Å². The van der Waals surface area contributed by atoms with Crippen molar-refractivity contribution in [2.24, 2.45) is 0 Å². The van der Waals surface area contributed by atoms with Crippen molar-refractivity contribution in [3.63, 3.8) is 0 Å². The number of nitrogens with zero attached hydrogens (tertiary/aromatic N) is 4. The smallest absolute Gasteiger partial charge is 0.230 e. The van der Waals surface area contributed by atoms with E-state index in [0.717, 1.165) is 6.42 Å². The summed E-state index contributed by atoms with van der Waals surface area (Å²) in [6, 6.07) is 8.46. The maximum atomic E-state index is 5.41. The summed E-state index contributed by atoms with van der Waals surface area (Å²) >= 11 is 0. The lowest BCUT2D eigenvalue weighted by molar-refractivity contribution is 0.372. The van der Waals surface area contributed by atoms with Gasteiger partial charge in [-0.3, -0.25) is 0 Å². The van der Waals surface area contributed by atoms with E-state index in [1.54, 1.807) is 6.92 Å². The lowest BCUT2D eigenvalue weighted by Crippen LogP contribution is -1.94.